The predicted molar refractivity (Wildman–Crippen MR) is 172 cm³/mol. The maximum absolute atomic E-state index is 14.0. The lowest BCUT2D eigenvalue weighted by molar-refractivity contribution is -0.385. The number of nitro groups is 1. The van der Waals surface area contributed by atoms with Gasteiger partial charge in [-0.1, -0.05) is 53.8 Å². The standard InChI is InChI=1S/C33H32N4O7S/c1-6-43-32(39)29-20(2)34-33-36(30(29)22-12-14-24(15-13-22)35(3)4)31(38)28(45-33)17-23-16-26(42-5)27(18-25(23)37(40)41)44-19-21-10-8-7-9-11-21/h7-18,30H,6,19H2,1-5H3/b28-17-/t30-/m1/s1. The first-order valence-corrected chi connectivity index (χ1v) is 14.9. The average molecular weight is 629 g/mol. The molecular weight excluding hydrogens is 596 g/mol. The van der Waals surface area contributed by atoms with Gasteiger partial charge in [-0.3, -0.25) is 19.5 Å². The van der Waals surface area contributed by atoms with Crippen molar-refractivity contribution in [1.82, 2.24) is 4.57 Å². The molecule has 0 spiro atoms. The molecule has 0 aliphatic carbocycles. The molecule has 232 valence electrons. The fourth-order valence-corrected chi connectivity index (χ4v) is 6.09. The Kier molecular flexibility index (Phi) is 9.14. The van der Waals surface area contributed by atoms with Crippen molar-refractivity contribution in [1.29, 1.82) is 0 Å². The molecular formula is C33H32N4O7S. The highest BCUT2D eigenvalue weighted by Crippen LogP contribution is 2.36. The number of allylic oxidation sites excluding steroid dienone is 1. The molecule has 2 heterocycles. The molecule has 45 heavy (non-hydrogen) atoms. The van der Waals surface area contributed by atoms with E-state index in [1.807, 2.05) is 73.6 Å². The fraction of sp³-hybridized carbons (Fsp3) is 0.242. The molecule has 0 saturated carbocycles. The number of ether oxygens (including phenoxy) is 3. The number of carbonyl (C=O) groups excluding carboxylic acids is 1. The molecule has 1 atom stereocenters. The van der Waals surface area contributed by atoms with Crippen LogP contribution >= 0.6 is 11.3 Å². The number of esters is 1. The lowest BCUT2D eigenvalue weighted by atomic mass is 9.95. The van der Waals surface area contributed by atoms with Crippen LogP contribution in [0.25, 0.3) is 6.08 Å². The molecule has 0 saturated heterocycles. The zero-order valence-corrected chi connectivity index (χ0v) is 26.3. The third-order valence-electron chi connectivity index (χ3n) is 7.28. The second-order valence-corrected chi connectivity index (χ2v) is 11.4. The van der Waals surface area contributed by atoms with Gasteiger partial charge in [0.15, 0.2) is 16.3 Å². The summed E-state index contributed by atoms with van der Waals surface area (Å²) in [6.07, 6.45) is 1.45. The normalized spacial score (nSPS) is 14.4. The predicted octanol–water partition coefficient (Wildman–Crippen LogP) is 4.36. The summed E-state index contributed by atoms with van der Waals surface area (Å²) in [7, 11) is 5.28. The summed E-state index contributed by atoms with van der Waals surface area (Å²) in [6.45, 7) is 3.75. The highest BCUT2D eigenvalue weighted by atomic mass is 32.1. The number of rotatable bonds is 10. The molecule has 0 fully saturated rings. The Morgan fingerprint density at radius 2 is 1.82 bits per heavy atom. The number of aromatic nitrogens is 1. The minimum atomic E-state index is -0.808. The highest BCUT2D eigenvalue weighted by Gasteiger charge is 2.33. The van der Waals surface area contributed by atoms with Crippen LogP contribution in [0.2, 0.25) is 0 Å². The van der Waals surface area contributed by atoms with Gasteiger partial charge in [0.25, 0.3) is 11.2 Å². The van der Waals surface area contributed by atoms with Crippen LogP contribution in [0.4, 0.5) is 11.4 Å². The maximum atomic E-state index is 14.0. The number of hydrogen-bond acceptors (Lipinski definition) is 10. The summed E-state index contributed by atoms with van der Waals surface area (Å²) in [4.78, 5) is 45.8. The van der Waals surface area contributed by atoms with Crippen LogP contribution in [-0.4, -0.2) is 43.3 Å². The minimum absolute atomic E-state index is 0.155. The zero-order chi connectivity index (χ0) is 32.2. The van der Waals surface area contributed by atoms with Gasteiger partial charge in [0, 0.05) is 19.8 Å². The van der Waals surface area contributed by atoms with Crippen LogP contribution in [0.5, 0.6) is 11.5 Å². The monoisotopic (exact) mass is 628 g/mol. The van der Waals surface area contributed by atoms with Crippen molar-refractivity contribution in [3.05, 3.63) is 124 Å². The fourth-order valence-electron chi connectivity index (χ4n) is 5.05. The summed E-state index contributed by atoms with van der Waals surface area (Å²) in [6, 6.07) is 18.9. The second kappa shape index (κ2) is 13.2. The van der Waals surface area contributed by atoms with Gasteiger partial charge in [0.2, 0.25) is 0 Å². The Morgan fingerprint density at radius 3 is 2.44 bits per heavy atom. The van der Waals surface area contributed by atoms with Crippen LogP contribution in [0, 0.1) is 10.1 Å². The van der Waals surface area contributed by atoms with Gasteiger partial charge in [-0.2, -0.15) is 0 Å². The van der Waals surface area contributed by atoms with Crippen molar-refractivity contribution in [2.24, 2.45) is 4.99 Å². The summed E-state index contributed by atoms with van der Waals surface area (Å²) < 4.78 is 18.4. The summed E-state index contributed by atoms with van der Waals surface area (Å²) in [5.74, 6) is -0.0985. The van der Waals surface area contributed by atoms with Crippen LogP contribution in [0.1, 0.15) is 36.6 Å². The molecule has 0 radical (unpaired) electrons. The number of thiazole rings is 1. The van der Waals surface area contributed by atoms with Crippen molar-refractivity contribution >= 4 is 34.8 Å². The van der Waals surface area contributed by atoms with Gasteiger partial charge in [-0.25, -0.2) is 9.79 Å². The summed E-state index contributed by atoms with van der Waals surface area (Å²) in [5, 5.41) is 12.2. The number of nitrogens with zero attached hydrogens (tertiary/aromatic N) is 4. The molecule has 4 aromatic rings. The molecule has 0 bridgehead atoms. The Morgan fingerprint density at radius 1 is 1.11 bits per heavy atom. The van der Waals surface area contributed by atoms with Gasteiger partial charge in [0.1, 0.15) is 6.61 Å². The van der Waals surface area contributed by atoms with E-state index in [2.05, 4.69) is 4.99 Å². The number of anilines is 1. The molecule has 5 rings (SSSR count). The third-order valence-corrected chi connectivity index (χ3v) is 8.26. The topological polar surface area (TPSA) is 126 Å². The number of methoxy groups -OCH3 is 1. The molecule has 1 aliphatic heterocycles. The molecule has 11 nitrogen and oxygen atoms in total. The van der Waals surface area contributed by atoms with E-state index in [1.165, 1.54) is 29.9 Å². The van der Waals surface area contributed by atoms with E-state index in [0.717, 1.165) is 22.6 Å². The maximum Gasteiger partial charge on any atom is 0.338 e. The van der Waals surface area contributed by atoms with E-state index in [0.29, 0.717) is 16.1 Å². The van der Waals surface area contributed by atoms with E-state index in [-0.39, 0.29) is 46.1 Å². The van der Waals surface area contributed by atoms with Gasteiger partial charge in [0.05, 0.1) is 52.1 Å². The highest BCUT2D eigenvalue weighted by molar-refractivity contribution is 7.07. The van der Waals surface area contributed by atoms with E-state index in [9.17, 15) is 19.7 Å². The summed E-state index contributed by atoms with van der Waals surface area (Å²) >= 11 is 1.08. The number of carbonyl (C=O) groups is 1. The van der Waals surface area contributed by atoms with Gasteiger partial charge < -0.3 is 19.1 Å². The van der Waals surface area contributed by atoms with Crippen LogP contribution in [0.15, 0.2) is 87.8 Å². The van der Waals surface area contributed by atoms with Gasteiger partial charge in [-0.15, -0.1) is 0 Å². The van der Waals surface area contributed by atoms with Crippen LogP contribution in [0.3, 0.4) is 0 Å². The molecule has 0 N–H and O–H groups in total. The molecule has 0 amide bonds. The van der Waals surface area contributed by atoms with Gasteiger partial charge >= 0.3 is 5.97 Å². The second-order valence-electron chi connectivity index (χ2n) is 10.4. The van der Waals surface area contributed by atoms with Crippen LogP contribution in [-0.2, 0) is 16.1 Å². The zero-order valence-electron chi connectivity index (χ0n) is 25.5. The SMILES string of the molecule is CCOC(=O)C1=C(C)N=c2s/c(=C\c3cc(OC)c(OCc4ccccc4)cc3[N+](=O)[O-])c(=O)n2[C@@H]1c1ccc(N(C)C)cc1. The average Bonchev–Trinajstić information content (AvgIpc) is 3.33. The molecule has 1 aliphatic rings. The van der Waals surface area contributed by atoms with Crippen molar-refractivity contribution in [2.45, 2.75) is 26.5 Å². The first-order chi connectivity index (χ1) is 21.6. The largest absolute Gasteiger partial charge is 0.493 e. The third kappa shape index (κ3) is 6.36. The Bertz CT molecular complexity index is 1960. The van der Waals surface area contributed by atoms with Gasteiger partial charge in [-0.05, 0) is 49.2 Å². The number of benzene rings is 3. The first-order valence-electron chi connectivity index (χ1n) is 14.1. The van der Waals surface area contributed by atoms with E-state index in [1.54, 1.807) is 13.8 Å². The van der Waals surface area contributed by atoms with Crippen molar-refractivity contribution < 1.29 is 23.9 Å². The molecule has 12 heteroatoms. The minimum Gasteiger partial charge on any atom is -0.493 e. The molecule has 1 aromatic heterocycles. The lowest BCUT2D eigenvalue weighted by Crippen LogP contribution is -2.40. The number of fused-ring (bicyclic) bond motifs is 1. The lowest BCUT2D eigenvalue weighted by Gasteiger charge is -2.25. The van der Waals surface area contributed by atoms with E-state index < -0.39 is 22.5 Å². The Labute approximate surface area is 263 Å². The smallest absolute Gasteiger partial charge is 0.338 e. The van der Waals surface area contributed by atoms with Crippen molar-refractivity contribution in [3.63, 3.8) is 0 Å². The molecule has 0 unspecified atom stereocenters. The van der Waals surface area contributed by atoms with Crippen molar-refractivity contribution in [3.8, 4) is 11.5 Å². The Balaban J connectivity index is 1.64. The van der Waals surface area contributed by atoms with Crippen LogP contribution < -0.4 is 29.3 Å². The van der Waals surface area contributed by atoms with E-state index >= 15 is 0 Å². The molecule has 3 aromatic carbocycles. The van der Waals surface area contributed by atoms with Crippen molar-refractivity contribution in [2.75, 3.05) is 32.7 Å². The van der Waals surface area contributed by atoms with E-state index in [4.69, 9.17) is 14.2 Å². The quantitative estimate of drug-likeness (QED) is 0.144. The number of hydrogen-bond donors (Lipinski definition) is 0. The summed E-state index contributed by atoms with van der Waals surface area (Å²) in [5.41, 5.74) is 2.64. The first kappa shape index (κ1) is 31.2. The number of nitro benzene ring substituents is 1. The Hall–Kier alpha value is -5.23.